The molecule has 0 spiro atoms. The van der Waals surface area contributed by atoms with Gasteiger partial charge in [-0.05, 0) is 24.1 Å². The lowest BCUT2D eigenvalue weighted by Crippen LogP contribution is -2.39. The fourth-order valence-corrected chi connectivity index (χ4v) is 4.96. The van der Waals surface area contributed by atoms with Crippen LogP contribution in [0.3, 0.4) is 0 Å². The van der Waals surface area contributed by atoms with E-state index in [1.165, 1.54) is 4.31 Å². The van der Waals surface area contributed by atoms with Gasteiger partial charge in [-0.2, -0.15) is 4.31 Å². The lowest BCUT2D eigenvalue weighted by Gasteiger charge is -2.26. The Bertz CT molecular complexity index is 1160. The molecule has 4 rings (SSSR count). The van der Waals surface area contributed by atoms with Crippen LogP contribution in [-0.2, 0) is 34.2 Å². The summed E-state index contributed by atoms with van der Waals surface area (Å²) in [5.74, 6) is 1.28. The Hall–Kier alpha value is -2.72. The first-order chi connectivity index (χ1) is 14.7. The molecule has 0 bridgehead atoms. The van der Waals surface area contributed by atoms with Gasteiger partial charge in [-0.25, -0.2) is 13.4 Å². The number of likely N-dealkylation sites (tertiary alicyclic amines) is 1. The van der Waals surface area contributed by atoms with Crippen LogP contribution < -0.4 is 10.3 Å². The second-order valence-corrected chi connectivity index (χ2v) is 10.1. The number of ether oxygens (including phenoxy) is 1. The number of benzene rings is 1. The average molecular weight is 447 g/mol. The van der Waals surface area contributed by atoms with Gasteiger partial charge < -0.3 is 14.6 Å². The number of carbonyl (C=O) groups excluding carboxylic acids is 1. The molecule has 10 heteroatoms. The first-order valence-corrected chi connectivity index (χ1v) is 12.1. The lowest BCUT2D eigenvalue weighted by molar-refractivity contribution is -0.129. The molecule has 0 saturated carbocycles. The highest BCUT2D eigenvalue weighted by atomic mass is 32.2. The number of hydrogen-bond acceptors (Lipinski definition) is 6. The molecule has 1 amide bonds. The van der Waals surface area contributed by atoms with Gasteiger partial charge in [0.15, 0.2) is 0 Å². The minimum absolute atomic E-state index is 0.0276. The van der Waals surface area contributed by atoms with Gasteiger partial charge >= 0.3 is 0 Å². The molecule has 31 heavy (non-hydrogen) atoms. The second kappa shape index (κ2) is 8.43. The van der Waals surface area contributed by atoms with E-state index in [0.717, 1.165) is 24.0 Å². The molecule has 2 aromatic rings. The predicted molar refractivity (Wildman–Crippen MR) is 114 cm³/mol. The quantitative estimate of drug-likeness (QED) is 0.722. The SMILES string of the molecule is COc1cccc(CC(=O)N2CC[C@@H](c3nc4c(c(=O)[nH]3)CN(S(C)(=O)=O)CC4)C2)c1. The van der Waals surface area contributed by atoms with Crippen LogP contribution in [0.4, 0.5) is 0 Å². The largest absolute Gasteiger partial charge is 0.497 e. The van der Waals surface area contributed by atoms with Crippen molar-refractivity contribution in [2.45, 2.75) is 31.7 Å². The summed E-state index contributed by atoms with van der Waals surface area (Å²) in [7, 11) is -1.76. The summed E-state index contributed by atoms with van der Waals surface area (Å²) in [6.07, 6.45) is 2.56. The predicted octanol–water partition coefficient (Wildman–Crippen LogP) is 0.655. The molecule has 1 atom stereocenters. The van der Waals surface area contributed by atoms with Crippen molar-refractivity contribution in [3.8, 4) is 5.75 Å². The third-order valence-corrected chi connectivity index (χ3v) is 7.19. The van der Waals surface area contributed by atoms with Crippen LogP contribution in [0.2, 0.25) is 0 Å². The molecular formula is C21H26N4O5S. The zero-order valence-corrected chi connectivity index (χ0v) is 18.4. The van der Waals surface area contributed by atoms with Crippen LogP contribution in [0.25, 0.3) is 0 Å². The van der Waals surface area contributed by atoms with Gasteiger partial charge in [-0.3, -0.25) is 9.59 Å². The number of amides is 1. The van der Waals surface area contributed by atoms with Gasteiger partial charge in [-0.1, -0.05) is 12.1 Å². The van der Waals surface area contributed by atoms with Gasteiger partial charge in [0.1, 0.15) is 11.6 Å². The zero-order chi connectivity index (χ0) is 22.2. The van der Waals surface area contributed by atoms with Gasteiger partial charge in [-0.15, -0.1) is 0 Å². The van der Waals surface area contributed by atoms with Crippen molar-refractivity contribution in [3.05, 3.63) is 57.3 Å². The van der Waals surface area contributed by atoms with Crippen LogP contribution >= 0.6 is 0 Å². The molecule has 1 saturated heterocycles. The van der Waals surface area contributed by atoms with E-state index in [9.17, 15) is 18.0 Å². The topological polar surface area (TPSA) is 113 Å². The summed E-state index contributed by atoms with van der Waals surface area (Å²) in [5, 5.41) is 0. The van der Waals surface area contributed by atoms with Crippen molar-refractivity contribution in [3.63, 3.8) is 0 Å². The Morgan fingerprint density at radius 2 is 2.13 bits per heavy atom. The van der Waals surface area contributed by atoms with E-state index in [-0.39, 0.29) is 23.9 Å². The molecule has 1 aromatic heterocycles. The summed E-state index contributed by atoms with van der Waals surface area (Å²) in [5.41, 5.74) is 1.65. The average Bonchev–Trinajstić information content (AvgIpc) is 3.23. The summed E-state index contributed by atoms with van der Waals surface area (Å²) in [4.78, 5) is 34.6. The van der Waals surface area contributed by atoms with Crippen molar-refractivity contribution in [1.82, 2.24) is 19.2 Å². The third-order valence-electron chi connectivity index (χ3n) is 5.94. The zero-order valence-electron chi connectivity index (χ0n) is 17.6. The number of nitrogens with one attached hydrogen (secondary N) is 1. The molecule has 166 valence electrons. The third kappa shape index (κ3) is 4.64. The maximum absolute atomic E-state index is 12.8. The summed E-state index contributed by atoms with van der Waals surface area (Å²) >= 11 is 0. The Balaban J connectivity index is 1.45. The van der Waals surface area contributed by atoms with E-state index < -0.39 is 10.0 Å². The Labute approximate surface area is 181 Å². The van der Waals surface area contributed by atoms with Crippen LogP contribution in [0.1, 0.15) is 35.0 Å². The highest BCUT2D eigenvalue weighted by Gasteiger charge is 2.31. The second-order valence-electron chi connectivity index (χ2n) is 8.08. The fraction of sp³-hybridized carbons (Fsp3) is 0.476. The van der Waals surface area contributed by atoms with Crippen molar-refractivity contribution < 1.29 is 17.9 Å². The van der Waals surface area contributed by atoms with Gasteiger partial charge in [0.2, 0.25) is 15.9 Å². The monoisotopic (exact) mass is 446 g/mol. The first kappa shape index (κ1) is 21.5. The number of hydrogen-bond donors (Lipinski definition) is 1. The maximum atomic E-state index is 12.8. The number of carbonyl (C=O) groups is 1. The van der Waals surface area contributed by atoms with Gasteiger partial charge in [0.05, 0.1) is 31.0 Å². The maximum Gasteiger partial charge on any atom is 0.255 e. The number of rotatable bonds is 5. The van der Waals surface area contributed by atoms with Gasteiger partial charge in [0.25, 0.3) is 5.56 Å². The molecule has 1 N–H and O–H groups in total. The molecule has 9 nitrogen and oxygen atoms in total. The normalized spacial score (nSPS) is 19.3. The van der Waals surface area contributed by atoms with E-state index in [0.29, 0.717) is 49.6 Å². The molecule has 2 aliphatic heterocycles. The smallest absolute Gasteiger partial charge is 0.255 e. The Kier molecular flexibility index (Phi) is 5.85. The molecule has 1 aromatic carbocycles. The summed E-state index contributed by atoms with van der Waals surface area (Å²) in [6, 6.07) is 7.46. The van der Waals surface area contributed by atoms with E-state index in [1.54, 1.807) is 12.0 Å². The van der Waals surface area contributed by atoms with Crippen molar-refractivity contribution >= 4 is 15.9 Å². The minimum atomic E-state index is -3.36. The number of H-pyrrole nitrogens is 1. The number of nitrogens with zero attached hydrogens (tertiary/aromatic N) is 3. The Morgan fingerprint density at radius 1 is 1.32 bits per heavy atom. The van der Waals surface area contributed by atoms with E-state index >= 15 is 0 Å². The number of aromatic nitrogens is 2. The molecule has 0 radical (unpaired) electrons. The lowest BCUT2D eigenvalue weighted by atomic mass is 10.1. The fourth-order valence-electron chi connectivity index (χ4n) is 4.17. The number of aromatic amines is 1. The molecule has 3 heterocycles. The van der Waals surface area contributed by atoms with Crippen LogP contribution in [0, 0.1) is 0 Å². The molecule has 0 aliphatic carbocycles. The summed E-state index contributed by atoms with van der Waals surface area (Å²) < 4.78 is 30.1. The van der Waals surface area contributed by atoms with Crippen molar-refractivity contribution in [2.75, 3.05) is 33.0 Å². The number of fused-ring (bicyclic) bond motifs is 1. The van der Waals surface area contributed by atoms with Gasteiger partial charge in [0, 0.05) is 38.5 Å². The highest BCUT2D eigenvalue weighted by Crippen LogP contribution is 2.26. The molecule has 1 fully saturated rings. The van der Waals surface area contributed by atoms with Crippen LogP contribution in [0.5, 0.6) is 5.75 Å². The van der Waals surface area contributed by atoms with E-state index in [4.69, 9.17) is 4.74 Å². The van der Waals surface area contributed by atoms with E-state index in [2.05, 4.69) is 9.97 Å². The van der Waals surface area contributed by atoms with Crippen LogP contribution in [-0.4, -0.2) is 66.5 Å². The molecule has 2 aliphatic rings. The van der Waals surface area contributed by atoms with Crippen molar-refractivity contribution in [1.29, 1.82) is 0 Å². The minimum Gasteiger partial charge on any atom is -0.497 e. The first-order valence-electron chi connectivity index (χ1n) is 10.2. The molecule has 0 unspecified atom stereocenters. The van der Waals surface area contributed by atoms with Crippen molar-refractivity contribution in [2.24, 2.45) is 0 Å². The number of sulfonamides is 1. The number of methoxy groups -OCH3 is 1. The molecular weight excluding hydrogens is 420 g/mol. The Morgan fingerprint density at radius 3 is 2.87 bits per heavy atom. The highest BCUT2D eigenvalue weighted by molar-refractivity contribution is 7.88. The van der Waals surface area contributed by atoms with E-state index in [1.807, 2.05) is 24.3 Å². The standard InChI is InChI=1S/C21H26N4O5S/c1-30-16-5-3-4-14(10-16)11-19(26)24-8-6-15(12-24)20-22-18-7-9-25(31(2,28)29)13-17(18)21(27)23-20/h3-5,10,15H,6-9,11-13H2,1-2H3,(H,22,23,27)/t15-/m1/s1. The summed E-state index contributed by atoms with van der Waals surface area (Å²) in [6.45, 7) is 1.47. The van der Waals surface area contributed by atoms with Crippen LogP contribution in [0.15, 0.2) is 29.1 Å².